The van der Waals surface area contributed by atoms with Crippen LogP contribution in [-0.2, 0) is 9.73 Å². The molecule has 1 rings (SSSR count). The Labute approximate surface area is 84.9 Å². The Kier molecular flexibility index (Phi) is 2.98. The van der Waals surface area contributed by atoms with E-state index in [-0.39, 0.29) is 11.1 Å². The second-order valence-corrected chi connectivity index (χ2v) is 5.04. The van der Waals surface area contributed by atoms with E-state index in [1.165, 1.54) is 12.5 Å². The number of hydrogen-bond acceptors (Lipinski definition) is 4. The van der Waals surface area contributed by atoms with Gasteiger partial charge in [-0.2, -0.15) is 0 Å². The zero-order valence-corrected chi connectivity index (χ0v) is 9.33. The topological polar surface area (TPSA) is 41.9 Å². The summed E-state index contributed by atoms with van der Waals surface area (Å²) in [5.74, 6) is 0. The molecule has 0 aromatic rings. The van der Waals surface area contributed by atoms with Gasteiger partial charge in [0.25, 0.3) is 6.08 Å². The SMILES string of the molecule is CC1(C)CCCC(C)(C)N1ON=C=O. The van der Waals surface area contributed by atoms with Crippen molar-refractivity contribution in [2.45, 2.75) is 58.0 Å². The average Bonchev–Trinajstić information content (AvgIpc) is 2.01. The van der Waals surface area contributed by atoms with Crippen molar-refractivity contribution >= 4 is 6.08 Å². The van der Waals surface area contributed by atoms with Gasteiger partial charge < -0.3 is 0 Å². The third-order valence-corrected chi connectivity index (χ3v) is 2.84. The Hall–Kier alpha value is -0.860. The second kappa shape index (κ2) is 3.71. The van der Waals surface area contributed by atoms with E-state index in [1.54, 1.807) is 5.06 Å². The van der Waals surface area contributed by atoms with Crippen LogP contribution in [0.4, 0.5) is 0 Å². The summed E-state index contributed by atoms with van der Waals surface area (Å²) in [6.07, 6.45) is 4.67. The third-order valence-electron chi connectivity index (χ3n) is 2.84. The molecule has 0 atom stereocenters. The maximum Gasteiger partial charge on any atom is 0.278 e. The molecule has 0 unspecified atom stereocenters. The van der Waals surface area contributed by atoms with Crippen molar-refractivity contribution < 1.29 is 9.73 Å². The van der Waals surface area contributed by atoms with E-state index in [0.29, 0.717) is 0 Å². The molecule has 0 radical (unpaired) electrons. The van der Waals surface area contributed by atoms with Crippen LogP contribution in [0.1, 0.15) is 47.0 Å². The molecule has 4 nitrogen and oxygen atoms in total. The van der Waals surface area contributed by atoms with Crippen molar-refractivity contribution in [3.05, 3.63) is 0 Å². The Morgan fingerprint density at radius 3 is 2.14 bits per heavy atom. The first-order valence-electron chi connectivity index (χ1n) is 4.95. The molecular weight excluding hydrogens is 180 g/mol. The Morgan fingerprint density at radius 2 is 1.71 bits per heavy atom. The zero-order chi connectivity index (χ0) is 10.8. The lowest BCUT2D eigenvalue weighted by Crippen LogP contribution is -2.57. The summed E-state index contributed by atoms with van der Waals surface area (Å²) in [5, 5.41) is 5.01. The van der Waals surface area contributed by atoms with E-state index < -0.39 is 0 Å². The summed E-state index contributed by atoms with van der Waals surface area (Å²) in [5.41, 5.74) is -0.162. The molecule has 14 heavy (non-hydrogen) atoms. The van der Waals surface area contributed by atoms with Gasteiger partial charge in [0, 0.05) is 5.16 Å². The number of carbonyl (C=O) groups excluding carboxylic acids is 1. The van der Waals surface area contributed by atoms with E-state index in [1.807, 2.05) is 0 Å². The van der Waals surface area contributed by atoms with Crippen molar-refractivity contribution in [1.82, 2.24) is 5.06 Å². The lowest BCUT2D eigenvalue weighted by Gasteiger charge is -2.48. The van der Waals surface area contributed by atoms with E-state index in [9.17, 15) is 4.79 Å². The van der Waals surface area contributed by atoms with Gasteiger partial charge in [0.05, 0.1) is 11.1 Å². The minimum absolute atomic E-state index is 0.0812. The van der Waals surface area contributed by atoms with Gasteiger partial charge in [-0.3, -0.25) is 4.94 Å². The van der Waals surface area contributed by atoms with Crippen LogP contribution >= 0.6 is 0 Å². The van der Waals surface area contributed by atoms with Crippen LogP contribution in [0.3, 0.4) is 0 Å². The summed E-state index contributed by atoms with van der Waals surface area (Å²) >= 11 is 0. The van der Waals surface area contributed by atoms with Gasteiger partial charge in [0.2, 0.25) is 0 Å². The van der Waals surface area contributed by atoms with E-state index in [0.717, 1.165) is 12.8 Å². The molecule has 0 aromatic heterocycles. The van der Waals surface area contributed by atoms with Crippen molar-refractivity contribution in [2.24, 2.45) is 5.16 Å². The van der Waals surface area contributed by atoms with Crippen molar-refractivity contribution in [1.29, 1.82) is 0 Å². The third kappa shape index (κ3) is 2.14. The molecule has 0 bridgehead atoms. The molecule has 0 spiro atoms. The number of hydrogen-bond donors (Lipinski definition) is 0. The molecule has 0 amide bonds. The fourth-order valence-electron chi connectivity index (χ4n) is 2.25. The Balaban J connectivity index is 2.85. The lowest BCUT2D eigenvalue weighted by atomic mass is 9.82. The quantitative estimate of drug-likeness (QED) is 0.388. The predicted molar refractivity (Wildman–Crippen MR) is 53.1 cm³/mol. The first kappa shape index (κ1) is 11.2. The minimum atomic E-state index is -0.0812. The van der Waals surface area contributed by atoms with Crippen LogP contribution in [0, 0.1) is 0 Å². The van der Waals surface area contributed by atoms with E-state index >= 15 is 0 Å². The van der Waals surface area contributed by atoms with Gasteiger partial charge in [-0.1, -0.05) is 0 Å². The number of rotatable bonds is 2. The van der Waals surface area contributed by atoms with E-state index in [4.69, 9.17) is 4.94 Å². The van der Waals surface area contributed by atoms with Gasteiger partial charge in [0.15, 0.2) is 0 Å². The van der Waals surface area contributed by atoms with Crippen molar-refractivity contribution in [2.75, 3.05) is 0 Å². The summed E-state index contributed by atoms with van der Waals surface area (Å²) in [7, 11) is 0. The fourth-order valence-corrected chi connectivity index (χ4v) is 2.25. The summed E-state index contributed by atoms with van der Waals surface area (Å²) in [4.78, 5) is 15.1. The van der Waals surface area contributed by atoms with Gasteiger partial charge in [0.1, 0.15) is 0 Å². The number of isocyanates is 1. The predicted octanol–water partition coefficient (Wildman–Crippen LogP) is 2.21. The molecule has 1 heterocycles. The smallest absolute Gasteiger partial charge is 0.278 e. The van der Waals surface area contributed by atoms with Crippen LogP contribution in [0.5, 0.6) is 0 Å². The maximum atomic E-state index is 10.0. The summed E-state index contributed by atoms with van der Waals surface area (Å²) in [6.45, 7) is 8.37. The number of nitrogens with zero attached hydrogens (tertiary/aromatic N) is 2. The van der Waals surface area contributed by atoms with Gasteiger partial charge in [-0.15, -0.1) is 5.06 Å². The first-order chi connectivity index (χ1) is 6.40. The van der Waals surface area contributed by atoms with Crippen LogP contribution in [0.25, 0.3) is 0 Å². The van der Waals surface area contributed by atoms with Gasteiger partial charge in [-0.05, 0) is 47.0 Å². The normalized spacial score (nSPS) is 25.1. The second-order valence-electron chi connectivity index (χ2n) is 5.04. The molecule has 80 valence electrons. The van der Waals surface area contributed by atoms with Crippen LogP contribution in [0.15, 0.2) is 5.16 Å². The molecule has 1 aliphatic heterocycles. The molecule has 0 saturated carbocycles. The van der Waals surface area contributed by atoms with E-state index in [2.05, 4.69) is 32.9 Å². The molecule has 1 aliphatic rings. The maximum absolute atomic E-state index is 10.0. The van der Waals surface area contributed by atoms with Crippen molar-refractivity contribution in [3.63, 3.8) is 0 Å². The molecule has 0 N–H and O–H groups in total. The van der Waals surface area contributed by atoms with Gasteiger partial charge in [-0.25, -0.2) is 4.79 Å². The molecule has 0 aromatic carbocycles. The Bertz CT molecular complexity index is 239. The van der Waals surface area contributed by atoms with Crippen LogP contribution < -0.4 is 0 Å². The highest BCUT2D eigenvalue weighted by Crippen LogP contribution is 2.38. The zero-order valence-electron chi connectivity index (χ0n) is 9.33. The minimum Gasteiger partial charge on any atom is -0.284 e. The average molecular weight is 198 g/mol. The monoisotopic (exact) mass is 198 g/mol. The van der Waals surface area contributed by atoms with Crippen molar-refractivity contribution in [3.8, 4) is 0 Å². The summed E-state index contributed by atoms with van der Waals surface area (Å²) < 4.78 is 0. The van der Waals surface area contributed by atoms with Crippen LogP contribution in [-0.4, -0.2) is 22.2 Å². The number of hydroxylamine groups is 2. The molecule has 4 heteroatoms. The number of piperidine rings is 1. The largest absolute Gasteiger partial charge is 0.284 e. The summed E-state index contributed by atoms with van der Waals surface area (Å²) in [6, 6.07) is 0. The fraction of sp³-hybridized carbons (Fsp3) is 0.900. The lowest BCUT2D eigenvalue weighted by molar-refractivity contribution is -0.281. The molecule has 0 aliphatic carbocycles. The van der Waals surface area contributed by atoms with Crippen LogP contribution in [0.2, 0.25) is 0 Å². The first-order valence-corrected chi connectivity index (χ1v) is 4.95. The standard InChI is InChI=1S/C10H18N2O2/c1-9(2)6-5-7-10(3,4)12(9)14-11-8-13/h5-7H2,1-4H3. The Morgan fingerprint density at radius 1 is 1.21 bits per heavy atom. The van der Waals surface area contributed by atoms with Gasteiger partial charge >= 0.3 is 0 Å². The molecular formula is C10H18N2O2. The highest BCUT2D eigenvalue weighted by atomic mass is 16.8. The molecule has 1 saturated heterocycles. The highest BCUT2D eigenvalue weighted by Gasteiger charge is 2.43. The highest BCUT2D eigenvalue weighted by molar-refractivity contribution is 5.31. The molecule has 1 fully saturated rings.